The van der Waals surface area contributed by atoms with Gasteiger partial charge in [-0.3, -0.25) is 4.79 Å². The first-order valence-electron chi connectivity index (χ1n) is 5.84. The Balaban J connectivity index is 2.67. The van der Waals surface area contributed by atoms with Crippen molar-refractivity contribution in [3.63, 3.8) is 0 Å². The number of rotatable bonds is 3. The van der Waals surface area contributed by atoms with Crippen LogP contribution in [0.2, 0.25) is 0 Å². The van der Waals surface area contributed by atoms with E-state index in [-0.39, 0.29) is 11.3 Å². The Morgan fingerprint density at radius 3 is 2.12 bits per heavy atom. The maximum absolute atomic E-state index is 12.1. The largest absolute Gasteiger partial charge is 0.480 e. The van der Waals surface area contributed by atoms with Crippen molar-refractivity contribution in [2.45, 2.75) is 58.4 Å². The number of hydrogen-bond acceptors (Lipinski definition) is 2. The van der Waals surface area contributed by atoms with Crippen LogP contribution in [-0.4, -0.2) is 22.5 Å². The monoisotopic (exact) mass is 227 g/mol. The lowest BCUT2D eigenvalue weighted by molar-refractivity contribution is -0.148. The van der Waals surface area contributed by atoms with E-state index in [1.165, 1.54) is 20.3 Å². The van der Waals surface area contributed by atoms with Crippen LogP contribution in [0, 0.1) is 5.41 Å². The number of carboxylic acid groups (broad SMARTS) is 1. The molecule has 1 saturated carbocycles. The van der Waals surface area contributed by atoms with Crippen molar-refractivity contribution in [1.82, 2.24) is 5.32 Å². The zero-order valence-corrected chi connectivity index (χ0v) is 10.3. The fourth-order valence-corrected chi connectivity index (χ4v) is 2.05. The van der Waals surface area contributed by atoms with Crippen LogP contribution in [0.4, 0.5) is 0 Å². The molecule has 1 amide bonds. The topological polar surface area (TPSA) is 66.4 Å². The summed E-state index contributed by atoms with van der Waals surface area (Å²) in [5, 5.41) is 11.6. The van der Waals surface area contributed by atoms with Crippen LogP contribution in [0.25, 0.3) is 0 Å². The number of amides is 1. The van der Waals surface area contributed by atoms with Crippen molar-refractivity contribution in [3.8, 4) is 0 Å². The van der Waals surface area contributed by atoms with Crippen LogP contribution >= 0.6 is 0 Å². The van der Waals surface area contributed by atoms with Gasteiger partial charge in [-0.15, -0.1) is 0 Å². The molecule has 0 saturated heterocycles. The number of carboxylic acids is 1. The summed E-state index contributed by atoms with van der Waals surface area (Å²) in [4.78, 5) is 23.0. The molecule has 0 atom stereocenters. The van der Waals surface area contributed by atoms with Gasteiger partial charge >= 0.3 is 5.97 Å². The molecule has 0 heterocycles. The maximum Gasteiger partial charge on any atom is 0.328 e. The fourth-order valence-electron chi connectivity index (χ4n) is 2.05. The highest BCUT2D eigenvalue weighted by Crippen LogP contribution is 2.36. The van der Waals surface area contributed by atoms with Crippen LogP contribution in [0.3, 0.4) is 0 Å². The molecule has 1 aliphatic rings. The van der Waals surface area contributed by atoms with Crippen molar-refractivity contribution in [3.05, 3.63) is 0 Å². The first kappa shape index (κ1) is 13.0. The molecule has 1 aliphatic carbocycles. The predicted molar refractivity (Wildman–Crippen MR) is 61.0 cm³/mol. The van der Waals surface area contributed by atoms with Crippen LogP contribution in [-0.2, 0) is 9.59 Å². The lowest BCUT2D eigenvalue weighted by atomic mass is 9.74. The molecule has 1 rings (SSSR count). The van der Waals surface area contributed by atoms with Gasteiger partial charge in [-0.25, -0.2) is 4.79 Å². The van der Waals surface area contributed by atoms with Gasteiger partial charge in [0.15, 0.2) is 0 Å². The standard InChI is InChI=1S/C12H21NO3/c1-11(2,10(15)16)13-9(14)12(3)7-5-4-6-8-12/h4-8H2,1-3H3,(H,13,14)(H,15,16). The summed E-state index contributed by atoms with van der Waals surface area (Å²) < 4.78 is 0. The molecule has 0 unspecified atom stereocenters. The van der Waals surface area contributed by atoms with Crippen molar-refractivity contribution in [2.24, 2.45) is 5.41 Å². The Bertz CT molecular complexity index is 291. The summed E-state index contributed by atoms with van der Waals surface area (Å²) in [6.07, 6.45) is 4.99. The highest BCUT2D eigenvalue weighted by molar-refractivity contribution is 5.89. The minimum atomic E-state index is -1.18. The third-order valence-electron chi connectivity index (χ3n) is 3.47. The lowest BCUT2D eigenvalue weighted by Gasteiger charge is -2.34. The minimum Gasteiger partial charge on any atom is -0.480 e. The van der Waals surface area contributed by atoms with E-state index < -0.39 is 11.5 Å². The quantitative estimate of drug-likeness (QED) is 0.774. The van der Waals surface area contributed by atoms with Crippen molar-refractivity contribution in [1.29, 1.82) is 0 Å². The van der Waals surface area contributed by atoms with Gasteiger partial charge in [0.25, 0.3) is 0 Å². The Kier molecular flexibility index (Phi) is 3.61. The van der Waals surface area contributed by atoms with Crippen molar-refractivity contribution < 1.29 is 14.7 Å². The maximum atomic E-state index is 12.1. The van der Waals surface area contributed by atoms with Gasteiger partial charge in [-0.2, -0.15) is 0 Å². The third kappa shape index (κ3) is 2.74. The molecule has 92 valence electrons. The second-order valence-corrected chi connectivity index (χ2v) is 5.51. The molecule has 4 nitrogen and oxygen atoms in total. The summed E-state index contributed by atoms with van der Waals surface area (Å²) >= 11 is 0. The van der Waals surface area contributed by atoms with E-state index in [1.807, 2.05) is 6.92 Å². The highest BCUT2D eigenvalue weighted by atomic mass is 16.4. The SMILES string of the molecule is CC1(C(=O)NC(C)(C)C(=O)O)CCCCC1. The van der Waals surface area contributed by atoms with Crippen LogP contribution in [0.1, 0.15) is 52.9 Å². The van der Waals surface area contributed by atoms with Gasteiger partial charge in [0.1, 0.15) is 5.54 Å². The highest BCUT2D eigenvalue weighted by Gasteiger charge is 2.39. The van der Waals surface area contributed by atoms with Gasteiger partial charge in [-0.1, -0.05) is 26.2 Å². The molecular weight excluding hydrogens is 206 g/mol. The van der Waals surface area contributed by atoms with E-state index in [0.717, 1.165) is 25.7 Å². The number of nitrogens with one attached hydrogen (secondary N) is 1. The number of hydrogen-bond donors (Lipinski definition) is 2. The molecule has 0 spiro atoms. The Morgan fingerprint density at radius 2 is 1.69 bits per heavy atom. The van der Waals surface area contributed by atoms with Gasteiger partial charge in [-0.05, 0) is 26.7 Å². The molecule has 0 bridgehead atoms. The van der Waals surface area contributed by atoms with Crippen LogP contribution in [0.5, 0.6) is 0 Å². The normalized spacial score (nSPS) is 20.2. The van der Waals surface area contributed by atoms with Crippen LogP contribution in [0.15, 0.2) is 0 Å². The molecule has 0 aliphatic heterocycles. The molecule has 0 aromatic heterocycles. The summed E-state index contributed by atoms with van der Waals surface area (Å²) in [6.45, 7) is 4.96. The molecular formula is C12H21NO3. The number of carbonyl (C=O) groups is 2. The summed E-state index contributed by atoms with van der Waals surface area (Å²) in [5.41, 5.74) is -1.57. The van der Waals surface area contributed by atoms with E-state index in [0.29, 0.717) is 0 Å². The Labute approximate surface area is 96.4 Å². The average Bonchev–Trinajstić information content (AvgIpc) is 2.18. The predicted octanol–water partition coefficient (Wildman–Crippen LogP) is 1.94. The average molecular weight is 227 g/mol. The van der Waals surface area contributed by atoms with E-state index in [1.54, 1.807) is 0 Å². The second kappa shape index (κ2) is 4.44. The molecule has 0 radical (unpaired) electrons. The lowest BCUT2D eigenvalue weighted by Crippen LogP contribution is -2.54. The van der Waals surface area contributed by atoms with Gasteiger partial charge in [0.05, 0.1) is 0 Å². The molecule has 0 aromatic rings. The van der Waals surface area contributed by atoms with Gasteiger partial charge in [0.2, 0.25) is 5.91 Å². The van der Waals surface area contributed by atoms with E-state index in [2.05, 4.69) is 5.32 Å². The second-order valence-electron chi connectivity index (χ2n) is 5.51. The number of carbonyl (C=O) groups excluding carboxylic acids is 1. The van der Waals surface area contributed by atoms with Crippen molar-refractivity contribution in [2.75, 3.05) is 0 Å². The van der Waals surface area contributed by atoms with E-state index in [4.69, 9.17) is 5.11 Å². The number of aliphatic carboxylic acids is 1. The van der Waals surface area contributed by atoms with Gasteiger partial charge in [0, 0.05) is 5.41 Å². The Morgan fingerprint density at radius 1 is 1.19 bits per heavy atom. The third-order valence-corrected chi connectivity index (χ3v) is 3.47. The summed E-state index contributed by atoms with van der Waals surface area (Å²) in [6, 6.07) is 0. The smallest absolute Gasteiger partial charge is 0.328 e. The zero-order valence-electron chi connectivity index (χ0n) is 10.3. The Hall–Kier alpha value is -1.06. The first-order valence-corrected chi connectivity index (χ1v) is 5.84. The molecule has 0 aromatic carbocycles. The first-order chi connectivity index (χ1) is 7.28. The fraction of sp³-hybridized carbons (Fsp3) is 0.833. The molecule has 1 fully saturated rings. The minimum absolute atomic E-state index is 0.125. The van der Waals surface area contributed by atoms with E-state index >= 15 is 0 Å². The zero-order chi connectivity index (χ0) is 12.4. The van der Waals surface area contributed by atoms with Gasteiger partial charge < -0.3 is 10.4 Å². The molecule has 16 heavy (non-hydrogen) atoms. The molecule has 4 heteroatoms. The molecule has 2 N–H and O–H groups in total. The summed E-state index contributed by atoms with van der Waals surface area (Å²) in [5.74, 6) is -1.13. The summed E-state index contributed by atoms with van der Waals surface area (Å²) in [7, 11) is 0. The van der Waals surface area contributed by atoms with Crippen molar-refractivity contribution >= 4 is 11.9 Å². The van der Waals surface area contributed by atoms with Crippen LogP contribution < -0.4 is 5.32 Å². The van der Waals surface area contributed by atoms with E-state index in [9.17, 15) is 9.59 Å².